The van der Waals surface area contributed by atoms with Gasteiger partial charge in [0.25, 0.3) is 0 Å². The van der Waals surface area contributed by atoms with E-state index >= 15 is 0 Å². The molecular weight excluding hydrogens is 180 g/mol. The van der Waals surface area contributed by atoms with Crippen molar-refractivity contribution >= 4 is 0 Å². The molecule has 2 fully saturated rings. The van der Waals surface area contributed by atoms with Crippen LogP contribution in [0.3, 0.4) is 0 Å². The number of rotatable bonds is 0. The first-order valence-electron chi connectivity index (χ1n) is 5.61. The van der Waals surface area contributed by atoms with E-state index in [1.54, 1.807) is 22.3 Å². The van der Waals surface area contributed by atoms with Crippen LogP contribution in [0.4, 0.5) is 0 Å². The summed E-state index contributed by atoms with van der Waals surface area (Å²) in [7, 11) is 0. The number of hydrogen-bond acceptors (Lipinski definition) is 0. The predicted octanol–water partition coefficient (Wildman–Crippen LogP) is 3.63. The lowest BCUT2D eigenvalue weighted by molar-refractivity contribution is 0.988. The lowest BCUT2D eigenvalue weighted by atomic mass is 9.93. The zero-order valence-electron chi connectivity index (χ0n) is 8.53. The van der Waals surface area contributed by atoms with Crippen molar-refractivity contribution in [1.29, 1.82) is 0 Å². The molecule has 4 rings (SSSR count). The summed E-state index contributed by atoms with van der Waals surface area (Å²) < 4.78 is 0. The van der Waals surface area contributed by atoms with Crippen LogP contribution in [0.25, 0.3) is 0 Å². The van der Waals surface area contributed by atoms with Crippen LogP contribution in [-0.4, -0.2) is 0 Å². The Morgan fingerprint density at radius 3 is 2.80 bits per heavy atom. The minimum absolute atomic E-state index is 0.512. The van der Waals surface area contributed by atoms with Crippen LogP contribution in [0.5, 0.6) is 0 Å². The summed E-state index contributed by atoms with van der Waals surface area (Å²) >= 11 is 0. The summed E-state index contributed by atoms with van der Waals surface area (Å²) in [6, 6.07) is 0. The molecule has 0 amide bonds. The Labute approximate surface area is 89.7 Å². The summed E-state index contributed by atoms with van der Waals surface area (Å²) in [5, 5.41) is 0. The fraction of sp³-hybridized carbons (Fsp3) is 0.200. The second-order valence-corrected chi connectivity index (χ2v) is 4.59. The van der Waals surface area contributed by atoms with Crippen molar-refractivity contribution in [2.45, 2.75) is 12.8 Å². The first-order valence-corrected chi connectivity index (χ1v) is 5.61. The van der Waals surface area contributed by atoms with Gasteiger partial charge in [0.2, 0.25) is 0 Å². The van der Waals surface area contributed by atoms with Crippen molar-refractivity contribution in [2.75, 3.05) is 0 Å². The van der Waals surface area contributed by atoms with Gasteiger partial charge in [-0.1, -0.05) is 42.5 Å². The van der Waals surface area contributed by atoms with Gasteiger partial charge in [-0.15, -0.1) is 0 Å². The van der Waals surface area contributed by atoms with E-state index in [1.165, 1.54) is 18.4 Å². The van der Waals surface area contributed by atoms with Gasteiger partial charge in [-0.2, -0.15) is 0 Å². The zero-order chi connectivity index (χ0) is 9.83. The van der Waals surface area contributed by atoms with Crippen LogP contribution in [-0.2, 0) is 0 Å². The van der Waals surface area contributed by atoms with E-state index in [-0.39, 0.29) is 0 Å². The molecule has 0 saturated heterocycles. The second kappa shape index (κ2) is 2.52. The van der Waals surface area contributed by atoms with Crippen molar-refractivity contribution in [3.8, 4) is 0 Å². The van der Waals surface area contributed by atoms with Gasteiger partial charge in [-0.25, -0.2) is 0 Å². The monoisotopic (exact) mass is 192 g/mol. The summed E-state index contributed by atoms with van der Waals surface area (Å²) in [5.74, 6) is 0.512. The topological polar surface area (TPSA) is 0 Å². The second-order valence-electron chi connectivity index (χ2n) is 4.59. The summed E-state index contributed by atoms with van der Waals surface area (Å²) in [5.41, 5.74) is 7.97. The first kappa shape index (κ1) is 7.70. The van der Waals surface area contributed by atoms with E-state index in [9.17, 15) is 0 Å². The molecule has 0 N–H and O–H groups in total. The quantitative estimate of drug-likeness (QED) is 0.550. The van der Waals surface area contributed by atoms with Crippen LogP contribution >= 0.6 is 0 Å². The van der Waals surface area contributed by atoms with Crippen LogP contribution < -0.4 is 0 Å². The molecular formula is C15H12. The van der Waals surface area contributed by atoms with Gasteiger partial charge in [0.15, 0.2) is 0 Å². The van der Waals surface area contributed by atoms with Crippen LogP contribution in [0.15, 0.2) is 70.4 Å². The molecule has 2 saturated carbocycles. The van der Waals surface area contributed by atoms with E-state index in [4.69, 9.17) is 0 Å². The highest BCUT2D eigenvalue weighted by Crippen LogP contribution is 2.54. The number of allylic oxidation sites excluding steroid dienone is 12. The minimum Gasteiger partial charge on any atom is -0.0732 e. The van der Waals surface area contributed by atoms with Crippen molar-refractivity contribution in [1.82, 2.24) is 0 Å². The van der Waals surface area contributed by atoms with Crippen molar-refractivity contribution in [3.05, 3.63) is 70.4 Å². The van der Waals surface area contributed by atoms with Crippen LogP contribution in [0, 0.1) is 5.92 Å². The van der Waals surface area contributed by atoms with Gasteiger partial charge in [-0.05, 0) is 40.7 Å². The highest BCUT2D eigenvalue weighted by atomic mass is 14.4. The maximum atomic E-state index is 2.31. The van der Waals surface area contributed by atoms with E-state index < -0.39 is 0 Å². The Kier molecular flexibility index (Phi) is 1.29. The van der Waals surface area contributed by atoms with E-state index in [0.717, 1.165) is 0 Å². The molecule has 72 valence electrons. The smallest absolute Gasteiger partial charge is 0.0207 e. The average Bonchev–Trinajstić information content (AvgIpc) is 3.10. The summed E-state index contributed by atoms with van der Waals surface area (Å²) in [4.78, 5) is 0. The van der Waals surface area contributed by atoms with Gasteiger partial charge in [0.1, 0.15) is 0 Å². The van der Waals surface area contributed by atoms with E-state index in [2.05, 4.69) is 42.5 Å². The Morgan fingerprint density at radius 2 is 1.80 bits per heavy atom. The van der Waals surface area contributed by atoms with Crippen molar-refractivity contribution < 1.29 is 0 Å². The Bertz CT molecular complexity index is 530. The standard InChI is InChI=1S/C15H12/c1-2-7-12-10(4-1)5-3-6-11-8-13(11)15-9-14(12)15/h1-7,10H,8-9H2/b5-3?,11-6?,14-12+,15-13-. The van der Waals surface area contributed by atoms with Gasteiger partial charge in [0, 0.05) is 5.92 Å². The Morgan fingerprint density at radius 1 is 0.867 bits per heavy atom. The molecule has 1 atom stereocenters. The predicted molar refractivity (Wildman–Crippen MR) is 62.3 cm³/mol. The normalized spacial score (nSPS) is 39.5. The molecule has 15 heavy (non-hydrogen) atoms. The molecule has 0 spiro atoms. The number of fused-ring (bicyclic) bond motifs is 3. The molecule has 0 aromatic heterocycles. The number of hydrogen-bond donors (Lipinski definition) is 0. The van der Waals surface area contributed by atoms with Crippen molar-refractivity contribution in [3.63, 3.8) is 0 Å². The van der Waals surface area contributed by atoms with Gasteiger partial charge in [0.05, 0.1) is 0 Å². The van der Waals surface area contributed by atoms with Crippen LogP contribution in [0.2, 0.25) is 0 Å². The summed E-state index contributed by atoms with van der Waals surface area (Å²) in [6.45, 7) is 0. The van der Waals surface area contributed by atoms with Gasteiger partial charge in [-0.3, -0.25) is 0 Å². The highest BCUT2D eigenvalue weighted by molar-refractivity contribution is 5.70. The minimum atomic E-state index is 0.512. The molecule has 0 aliphatic heterocycles. The molecule has 0 heterocycles. The molecule has 0 radical (unpaired) electrons. The maximum Gasteiger partial charge on any atom is 0.0207 e. The average molecular weight is 192 g/mol. The molecule has 0 heteroatoms. The Hall–Kier alpha value is -1.56. The summed E-state index contributed by atoms with van der Waals surface area (Å²) in [6.07, 6.45) is 18.2. The lowest BCUT2D eigenvalue weighted by Crippen LogP contribution is -1.97. The van der Waals surface area contributed by atoms with Gasteiger partial charge < -0.3 is 0 Å². The molecule has 0 aromatic rings. The van der Waals surface area contributed by atoms with Crippen LogP contribution in [0.1, 0.15) is 12.8 Å². The molecule has 0 nitrogen and oxygen atoms in total. The largest absolute Gasteiger partial charge is 0.0732 e. The third-order valence-electron chi connectivity index (χ3n) is 3.62. The highest BCUT2D eigenvalue weighted by Gasteiger charge is 2.37. The first-order chi connectivity index (χ1) is 7.43. The lowest BCUT2D eigenvalue weighted by Gasteiger charge is -2.11. The zero-order valence-corrected chi connectivity index (χ0v) is 8.53. The van der Waals surface area contributed by atoms with E-state index in [0.29, 0.717) is 5.92 Å². The van der Waals surface area contributed by atoms with Gasteiger partial charge >= 0.3 is 0 Å². The Balaban J connectivity index is 1.93. The SMILES string of the molecule is C1=C/C2=C3/C/C3=C3\CC3=CC=CC2C=C1. The fourth-order valence-electron chi connectivity index (χ4n) is 2.62. The fourth-order valence-corrected chi connectivity index (χ4v) is 2.62. The van der Waals surface area contributed by atoms with Crippen molar-refractivity contribution in [2.24, 2.45) is 5.92 Å². The molecule has 4 aliphatic rings. The maximum absolute atomic E-state index is 2.31. The molecule has 0 bridgehead atoms. The third-order valence-corrected chi connectivity index (χ3v) is 3.62. The molecule has 0 aromatic carbocycles. The molecule has 1 unspecified atom stereocenters. The van der Waals surface area contributed by atoms with E-state index in [1.807, 2.05) is 0 Å². The third kappa shape index (κ3) is 1.08. The molecule has 4 aliphatic carbocycles.